The molecule has 0 saturated carbocycles. The molecule has 1 aliphatic rings. The quantitative estimate of drug-likeness (QED) is 0.707. The summed E-state index contributed by atoms with van der Waals surface area (Å²) in [5.41, 5.74) is 1.99. The molecule has 13 heavy (non-hydrogen) atoms. The summed E-state index contributed by atoms with van der Waals surface area (Å²) >= 11 is 0. The topological polar surface area (TPSA) is 38.3 Å². The molecule has 3 heteroatoms. The van der Waals surface area contributed by atoms with Crippen LogP contribution in [0.25, 0.3) is 0 Å². The van der Waals surface area contributed by atoms with Crippen LogP contribution in [0.3, 0.4) is 0 Å². The van der Waals surface area contributed by atoms with Gasteiger partial charge >= 0.3 is 0 Å². The number of para-hydroxylation sites is 1. The Morgan fingerprint density at radius 2 is 2.23 bits per heavy atom. The van der Waals surface area contributed by atoms with Gasteiger partial charge in [-0.1, -0.05) is 12.1 Å². The van der Waals surface area contributed by atoms with E-state index in [0.717, 1.165) is 23.4 Å². The zero-order chi connectivity index (χ0) is 9.26. The standard InChI is InChI=1S/C10H11NO2/c1-13-8-4-2-3-7-5-6-9(12)11-10(7)8/h2-4H,5-6H2,1H3,(H,11,12). The van der Waals surface area contributed by atoms with Gasteiger partial charge in [0.15, 0.2) is 0 Å². The molecule has 1 aromatic rings. The molecule has 0 spiro atoms. The zero-order valence-electron chi connectivity index (χ0n) is 7.46. The number of fused-ring (bicyclic) bond motifs is 1. The first-order valence-electron chi connectivity index (χ1n) is 4.27. The van der Waals surface area contributed by atoms with Gasteiger partial charge in [-0.2, -0.15) is 0 Å². The highest BCUT2D eigenvalue weighted by molar-refractivity contribution is 5.95. The van der Waals surface area contributed by atoms with Crippen LogP contribution in [-0.4, -0.2) is 13.0 Å². The van der Waals surface area contributed by atoms with Crippen LogP contribution in [0.5, 0.6) is 5.75 Å². The van der Waals surface area contributed by atoms with E-state index in [9.17, 15) is 4.79 Å². The lowest BCUT2D eigenvalue weighted by Crippen LogP contribution is -2.19. The van der Waals surface area contributed by atoms with E-state index in [4.69, 9.17) is 4.74 Å². The number of ether oxygens (including phenoxy) is 1. The molecule has 1 aromatic carbocycles. The van der Waals surface area contributed by atoms with Gasteiger partial charge in [-0.3, -0.25) is 4.79 Å². The van der Waals surface area contributed by atoms with Crippen LogP contribution in [0.4, 0.5) is 5.69 Å². The molecule has 1 heterocycles. The number of anilines is 1. The van der Waals surface area contributed by atoms with Gasteiger partial charge in [-0.15, -0.1) is 0 Å². The first kappa shape index (κ1) is 8.10. The van der Waals surface area contributed by atoms with Crippen LogP contribution in [0, 0.1) is 0 Å². The number of carbonyl (C=O) groups is 1. The van der Waals surface area contributed by atoms with E-state index in [2.05, 4.69) is 5.32 Å². The number of hydrogen-bond acceptors (Lipinski definition) is 2. The molecule has 0 aliphatic carbocycles. The maximum atomic E-state index is 11.1. The molecule has 1 aliphatic heterocycles. The van der Waals surface area contributed by atoms with E-state index in [-0.39, 0.29) is 5.91 Å². The van der Waals surface area contributed by atoms with Crippen molar-refractivity contribution in [2.45, 2.75) is 12.8 Å². The van der Waals surface area contributed by atoms with Gasteiger partial charge in [0.05, 0.1) is 12.8 Å². The van der Waals surface area contributed by atoms with E-state index in [1.54, 1.807) is 7.11 Å². The van der Waals surface area contributed by atoms with Crippen molar-refractivity contribution in [3.8, 4) is 5.75 Å². The maximum Gasteiger partial charge on any atom is 0.224 e. The Hall–Kier alpha value is -1.51. The van der Waals surface area contributed by atoms with Crippen molar-refractivity contribution < 1.29 is 9.53 Å². The third-order valence-electron chi connectivity index (χ3n) is 2.22. The van der Waals surface area contributed by atoms with Gasteiger partial charge in [0.25, 0.3) is 0 Å². The van der Waals surface area contributed by atoms with E-state index < -0.39 is 0 Å². The van der Waals surface area contributed by atoms with E-state index >= 15 is 0 Å². The Morgan fingerprint density at radius 1 is 1.38 bits per heavy atom. The van der Waals surface area contributed by atoms with Crippen molar-refractivity contribution in [1.82, 2.24) is 0 Å². The summed E-state index contributed by atoms with van der Waals surface area (Å²) in [6.07, 6.45) is 1.37. The first-order valence-corrected chi connectivity index (χ1v) is 4.27. The van der Waals surface area contributed by atoms with Crippen molar-refractivity contribution >= 4 is 11.6 Å². The number of hydrogen-bond donors (Lipinski definition) is 1. The Bertz CT molecular complexity index is 333. The number of rotatable bonds is 1. The normalized spacial score (nSPS) is 14.7. The minimum absolute atomic E-state index is 0.0667. The predicted octanol–water partition coefficient (Wildman–Crippen LogP) is 1.58. The van der Waals surface area contributed by atoms with Crippen LogP contribution in [0.15, 0.2) is 18.2 Å². The highest BCUT2D eigenvalue weighted by Crippen LogP contribution is 2.31. The fourth-order valence-corrected chi connectivity index (χ4v) is 1.55. The molecule has 1 N–H and O–H groups in total. The third-order valence-corrected chi connectivity index (χ3v) is 2.22. The highest BCUT2D eigenvalue weighted by atomic mass is 16.5. The van der Waals surface area contributed by atoms with Crippen LogP contribution in [0.2, 0.25) is 0 Å². The Balaban J connectivity index is 2.46. The molecular formula is C10H11NO2. The van der Waals surface area contributed by atoms with E-state index in [0.29, 0.717) is 6.42 Å². The monoisotopic (exact) mass is 177 g/mol. The zero-order valence-corrected chi connectivity index (χ0v) is 7.46. The first-order chi connectivity index (χ1) is 6.31. The SMILES string of the molecule is COc1cccc2c1NC(=O)CC2. The lowest BCUT2D eigenvalue weighted by atomic mass is 10.0. The molecule has 0 unspecified atom stereocenters. The van der Waals surface area contributed by atoms with Gasteiger partial charge in [0, 0.05) is 6.42 Å². The number of methoxy groups -OCH3 is 1. The summed E-state index contributed by atoms with van der Waals surface area (Å²) in [5.74, 6) is 0.808. The van der Waals surface area contributed by atoms with Crippen LogP contribution < -0.4 is 10.1 Å². The summed E-state index contributed by atoms with van der Waals surface area (Å²) in [6, 6.07) is 5.80. The van der Waals surface area contributed by atoms with Gasteiger partial charge in [0.2, 0.25) is 5.91 Å². The third kappa shape index (κ3) is 1.37. The molecule has 0 radical (unpaired) electrons. The Kier molecular flexibility index (Phi) is 1.93. The highest BCUT2D eigenvalue weighted by Gasteiger charge is 2.17. The van der Waals surface area contributed by atoms with Crippen LogP contribution >= 0.6 is 0 Å². The molecule has 1 amide bonds. The average Bonchev–Trinajstić information content (AvgIpc) is 2.17. The van der Waals surface area contributed by atoms with Crippen molar-refractivity contribution in [2.24, 2.45) is 0 Å². The largest absolute Gasteiger partial charge is 0.495 e. The molecule has 0 bridgehead atoms. The molecule has 2 rings (SSSR count). The molecule has 3 nitrogen and oxygen atoms in total. The molecular weight excluding hydrogens is 166 g/mol. The summed E-state index contributed by atoms with van der Waals surface area (Å²) in [5, 5.41) is 2.82. The smallest absolute Gasteiger partial charge is 0.224 e. The van der Waals surface area contributed by atoms with Crippen molar-refractivity contribution in [1.29, 1.82) is 0 Å². The number of benzene rings is 1. The maximum absolute atomic E-state index is 11.1. The van der Waals surface area contributed by atoms with Crippen molar-refractivity contribution in [3.63, 3.8) is 0 Å². The minimum Gasteiger partial charge on any atom is -0.495 e. The van der Waals surface area contributed by atoms with Crippen LogP contribution in [-0.2, 0) is 11.2 Å². The van der Waals surface area contributed by atoms with Crippen molar-refractivity contribution in [3.05, 3.63) is 23.8 Å². The lowest BCUT2D eigenvalue weighted by molar-refractivity contribution is -0.116. The average molecular weight is 177 g/mol. The summed E-state index contributed by atoms with van der Waals surface area (Å²) in [7, 11) is 1.61. The van der Waals surface area contributed by atoms with Gasteiger partial charge in [0.1, 0.15) is 5.75 Å². The number of nitrogens with one attached hydrogen (secondary N) is 1. The number of aryl methyl sites for hydroxylation is 1. The summed E-state index contributed by atoms with van der Waals surface area (Å²) in [6.45, 7) is 0. The lowest BCUT2D eigenvalue weighted by Gasteiger charge is -2.18. The molecule has 0 atom stereocenters. The molecule has 0 aromatic heterocycles. The summed E-state index contributed by atoms with van der Waals surface area (Å²) in [4.78, 5) is 11.1. The molecule has 68 valence electrons. The summed E-state index contributed by atoms with van der Waals surface area (Å²) < 4.78 is 5.15. The molecule has 0 fully saturated rings. The van der Waals surface area contributed by atoms with Crippen LogP contribution in [0.1, 0.15) is 12.0 Å². The minimum atomic E-state index is 0.0667. The van der Waals surface area contributed by atoms with Gasteiger partial charge in [-0.05, 0) is 18.1 Å². The second-order valence-corrected chi connectivity index (χ2v) is 3.04. The Morgan fingerprint density at radius 3 is 3.00 bits per heavy atom. The fourth-order valence-electron chi connectivity index (χ4n) is 1.55. The number of carbonyl (C=O) groups excluding carboxylic acids is 1. The number of amides is 1. The fraction of sp³-hybridized carbons (Fsp3) is 0.300. The molecule has 0 saturated heterocycles. The van der Waals surface area contributed by atoms with E-state index in [1.807, 2.05) is 18.2 Å². The second kappa shape index (κ2) is 3.09. The predicted molar refractivity (Wildman–Crippen MR) is 49.9 cm³/mol. The van der Waals surface area contributed by atoms with Gasteiger partial charge in [-0.25, -0.2) is 0 Å². The van der Waals surface area contributed by atoms with Crippen molar-refractivity contribution in [2.75, 3.05) is 12.4 Å². The van der Waals surface area contributed by atoms with Gasteiger partial charge < -0.3 is 10.1 Å². The van der Waals surface area contributed by atoms with E-state index in [1.165, 1.54) is 0 Å². The second-order valence-electron chi connectivity index (χ2n) is 3.04. The Labute approximate surface area is 76.7 Å².